The summed E-state index contributed by atoms with van der Waals surface area (Å²) in [6, 6.07) is 58.5. The number of phenolic OH excluding ortho intramolecular Hbond substituents is 7. The molecule has 3 amide bonds. The summed E-state index contributed by atoms with van der Waals surface area (Å²) in [5, 5.41) is 104. The van der Waals surface area contributed by atoms with Crippen molar-refractivity contribution in [3.05, 3.63) is 205 Å². The summed E-state index contributed by atoms with van der Waals surface area (Å²) in [4.78, 5) is 57.9. The Morgan fingerprint density at radius 3 is 1.44 bits per heavy atom. The standard InChI is InChI=1S/C12H11NO2.C12H13NO.C12H12NO.C11H11NO3S.C10H14N3O2S.C10H11NO7S.C9H9N5O2S.Na.O3S/c1-8(14)13-11-7-6-9-4-2-3-5-10(9)12(11)15;2*1-13(2)11-8-7-9-5-3-4-6-10(9)12(11)14;1-16(14,15)12-10-7-6-8-4-2-3-5-9(8)11(10)13;1-7(14)13-9-5-8(3-4-10(9)15)12-6-16(2)11;1-19(16,17)11-7-4-6(2-3-8(7)12)18-10(15)5-9(13)14;1-5(15)10-7-4-6(2-3-8(7)16)14-9(17)11-12-13-14;;1-4(2)3/h2-7,15H,1H3,(H,13,14);3-8,14H,1-2H3;4-8,14H,1-2H3;2-7,12-13H,1H3;3-6,11-12,15H,1-2H3,(H,13,14);2-4,11-12H,5H2,1H3,(H,13,14);2-4,16H,1H3,(H,10,15)(H,11,13,17);;/q;;-1;;-1;;;+1;. The molecule has 0 aliphatic carbocycles. The number of aromatic hydroxyl groups is 7. The van der Waals surface area contributed by atoms with Gasteiger partial charge in [-0.05, 0) is 101 Å². The summed E-state index contributed by atoms with van der Waals surface area (Å²) in [5.41, 5.74) is 5.76. The van der Waals surface area contributed by atoms with Gasteiger partial charge in [0, 0.05) is 76.9 Å². The Balaban J connectivity index is 0.000000283. The van der Waals surface area contributed by atoms with Crippen LogP contribution in [0, 0.1) is 15.6 Å². The number of aromatic amines is 1. The molecule has 0 radical (unpaired) electrons. The average molecular weight is 1700 g/mol. The molecule has 0 fully saturated rings. The molecule has 0 unspecified atom stereocenters. The van der Waals surface area contributed by atoms with Crippen molar-refractivity contribution in [3.8, 4) is 51.7 Å². The van der Waals surface area contributed by atoms with Crippen LogP contribution in [0.3, 0.4) is 0 Å². The molecule has 0 aliphatic rings. The third kappa shape index (κ3) is 31.7. The molecule has 0 saturated carbocycles. The number of carbonyl (C=O) groups is 5. The minimum absolute atomic E-state index is 0. The van der Waals surface area contributed by atoms with E-state index in [1.54, 1.807) is 66.3 Å². The van der Waals surface area contributed by atoms with Gasteiger partial charge in [-0.2, -0.15) is 29.5 Å². The number of nitrogens with zero attached hydrogens (tertiary/aromatic N) is 5. The molecule has 16 N–H and O–H groups in total. The molecule has 0 spiro atoms. The Morgan fingerprint density at radius 1 is 0.560 bits per heavy atom. The maximum atomic E-state index is 11.1. The molecule has 12 aromatic rings. The number of carboxylic acids is 1. The van der Waals surface area contributed by atoms with Crippen LogP contribution in [0.1, 0.15) is 27.2 Å². The van der Waals surface area contributed by atoms with E-state index < -0.39 is 59.3 Å². The van der Waals surface area contributed by atoms with E-state index in [9.17, 15) is 76.6 Å². The second-order valence-electron chi connectivity index (χ2n) is 24.3. The van der Waals surface area contributed by atoms with Gasteiger partial charge in [0.1, 0.15) is 52.4 Å². The molecule has 0 aliphatic heterocycles. The average Bonchev–Trinajstić information content (AvgIpc) is 1.03. The number of rotatable bonds is 15. The zero-order valence-corrected chi connectivity index (χ0v) is 70.0. The molecule has 608 valence electrons. The van der Waals surface area contributed by atoms with E-state index in [0.29, 0.717) is 45.3 Å². The monoisotopic (exact) mass is 1690 g/mol. The first-order valence-electron chi connectivity index (χ1n) is 33.0. The van der Waals surface area contributed by atoms with Crippen LogP contribution in [0.5, 0.6) is 46.0 Å². The molecule has 1 aromatic heterocycles. The van der Waals surface area contributed by atoms with Gasteiger partial charge < -0.3 is 91.7 Å². The van der Waals surface area contributed by atoms with Crippen LogP contribution in [0.15, 0.2) is 194 Å². The zero-order valence-electron chi connectivity index (χ0n) is 63.9. The number of ether oxygens (including phenoxy) is 1. The minimum atomic E-state index is -3.61. The molecule has 12 rings (SSSR count). The van der Waals surface area contributed by atoms with Gasteiger partial charge in [-0.3, -0.25) is 33.4 Å². The number of esters is 1. The number of fused-ring (bicyclic) bond motifs is 4. The van der Waals surface area contributed by atoms with Crippen LogP contribution in [-0.4, -0.2) is 173 Å². The van der Waals surface area contributed by atoms with E-state index >= 15 is 0 Å². The van der Waals surface area contributed by atoms with Gasteiger partial charge in [-0.15, -0.1) is 35.8 Å². The molecule has 40 heteroatoms. The number of tetrazole rings is 1. The SMILES string of the molecule is CC(=O)Nc1cc(-n2[nH]nnc2=S)ccc1O.CC(=O)Nc1cc(NC=[S-](C)=N)ccc1O.CC(=O)Nc1ccc2ccccc2c1O.CN(C)c1ccc2c[c-]ccc2c1O.CN(C)c1ccc2ccccc2c1O.CS(=O)(=O)Nc1cc(OC(=O)CC(=O)O)ccc1O.CS(=O)(=O)Nc1ccc2ccccc2c1O.O=S(=O)=O.[Na+]. The van der Waals surface area contributed by atoms with Crippen molar-refractivity contribution >= 4 is 177 Å². The van der Waals surface area contributed by atoms with Gasteiger partial charge >= 0.3 is 52.1 Å². The van der Waals surface area contributed by atoms with Gasteiger partial charge in [0.25, 0.3) is 0 Å². The first-order valence-corrected chi connectivity index (χ1v) is 39.9. The van der Waals surface area contributed by atoms with Crippen molar-refractivity contribution in [1.29, 1.82) is 4.78 Å². The number of carboxylic acid groups (broad SMARTS) is 1. The number of carbonyl (C=O) groups excluding carboxylic acids is 4. The Morgan fingerprint density at radius 2 is 0.974 bits per heavy atom. The maximum Gasteiger partial charge on any atom is 1.00 e. The first kappa shape index (κ1) is 95.6. The smallest absolute Gasteiger partial charge is 0.507 e. The summed E-state index contributed by atoms with van der Waals surface area (Å²) in [7, 11) is -3.01. The number of nitrogens with one attached hydrogen (secondary N) is 8. The fourth-order valence-corrected chi connectivity index (χ4v) is 11.4. The van der Waals surface area contributed by atoms with Crippen molar-refractivity contribution < 1.29 is 129 Å². The Labute approximate surface area is 696 Å². The topological polar surface area (TPSA) is 525 Å². The second-order valence-corrected chi connectivity index (χ2v) is 29.9. The van der Waals surface area contributed by atoms with Crippen LogP contribution in [0.25, 0.3) is 48.8 Å². The summed E-state index contributed by atoms with van der Waals surface area (Å²) in [6.45, 7) is 4.14. The van der Waals surface area contributed by atoms with E-state index in [1.165, 1.54) is 43.7 Å². The van der Waals surface area contributed by atoms with Crippen molar-refractivity contribution in [2.24, 2.45) is 0 Å². The molecule has 11 aromatic carbocycles. The number of aromatic nitrogens is 4. The number of phenols is 7. The van der Waals surface area contributed by atoms with Crippen LogP contribution in [-0.2, 0) is 64.9 Å². The number of hydrogen-bond acceptors (Lipinski definition) is 27. The quantitative estimate of drug-likeness (QED) is 0.00530. The molecule has 34 nitrogen and oxygen atoms in total. The Hall–Kier alpha value is -12.8. The van der Waals surface area contributed by atoms with Gasteiger partial charge in [0.2, 0.25) is 42.5 Å². The molecule has 1 heterocycles. The van der Waals surface area contributed by atoms with Crippen LogP contribution in [0.2, 0.25) is 0 Å². The molecular weight excluding hydrogens is 1610 g/mol. The van der Waals surface area contributed by atoms with Crippen molar-refractivity contribution in [2.75, 3.05) is 87.5 Å². The minimum Gasteiger partial charge on any atom is -0.507 e. The predicted octanol–water partition coefficient (Wildman–Crippen LogP) is 8.11. The third-order valence-electron chi connectivity index (χ3n) is 14.6. The number of aliphatic carboxylic acids is 1. The van der Waals surface area contributed by atoms with Crippen LogP contribution >= 0.6 is 12.2 Å². The summed E-state index contributed by atoms with van der Waals surface area (Å²) in [5.74, 6) is -2.77. The number of sulfonamides is 2. The van der Waals surface area contributed by atoms with Crippen molar-refractivity contribution in [1.82, 2.24) is 20.2 Å². The fraction of sp³-hybridized carbons (Fsp3) is 0.145. The van der Waals surface area contributed by atoms with Crippen LogP contribution < -0.4 is 74.8 Å². The largest absolute Gasteiger partial charge is 1.00 e. The predicted molar refractivity (Wildman–Crippen MR) is 447 cm³/mol. The third-order valence-corrected chi connectivity index (χ3v) is 16.5. The van der Waals surface area contributed by atoms with Gasteiger partial charge in [0.05, 0.1) is 58.0 Å². The summed E-state index contributed by atoms with van der Waals surface area (Å²) in [6.07, 6.45) is 2.86. The molecular formula is C76H81N13NaO21S5-. The molecule has 0 bridgehead atoms. The van der Waals surface area contributed by atoms with E-state index in [-0.39, 0.29) is 97.9 Å². The number of benzene rings is 11. The number of H-pyrrole nitrogens is 1. The normalized spacial score (nSPS) is 10.6. The van der Waals surface area contributed by atoms with E-state index in [2.05, 4.69) is 52.3 Å². The van der Waals surface area contributed by atoms with E-state index in [4.69, 9.17) is 34.7 Å². The Kier molecular flexibility index (Phi) is 37.3. The number of anilines is 8. The van der Waals surface area contributed by atoms with Crippen molar-refractivity contribution in [3.63, 3.8) is 0 Å². The number of amides is 3. The Bertz CT molecular complexity index is 5940. The first-order chi connectivity index (χ1) is 54.0. The van der Waals surface area contributed by atoms with Gasteiger partial charge in [-0.1, -0.05) is 107 Å². The van der Waals surface area contributed by atoms with E-state index in [1.807, 2.05) is 152 Å². The second kappa shape index (κ2) is 45.2. The van der Waals surface area contributed by atoms with Crippen LogP contribution in [0.4, 0.5) is 45.5 Å². The fourth-order valence-electron chi connectivity index (χ4n) is 9.77. The number of hydrogen-bond donors (Lipinski definition) is 16. The molecule has 116 heavy (non-hydrogen) atoms. The molecule has 0 saturated heterocycles. The van der Waals surface area contributed by atoms with Gasteiger partial charge in [0.15, 0.2) is 0 Å². The zero-order chi connectivity index (χ0) is 85.6. The summed E-state index contributed by atoms with van der Waals surface area (Å²) < 4.78 is 87.5. The van der Waals surface area contributed by atoms with Gasteiger partial charge in [-0.25, -0.2) is 21.5 Å². The van der Waals surface area contributed by atoms with E-state index in [0.717, 1.165) is 73.7 Å². The summed E-state index contributed by atoms with van der Waals surface area (Å²) >= 11 is 4.94. The van der Waals surface area contributed by atoms with Crippen molar-refractivity contribution in [2.45, 2.75) is 27.2 Å². The molecule has 0 atom stereocenters. The maximum absolute atomic E-state index is 11.1.